The van der Waals surface area contributed by atoms with Gasteiger partial charge in [-0.3, -0.25) is 9.59 Å². The molecule has 0 aromatic heterocycles. The highest BCUT2D eigenvalue weighted by Gasteiger charge is 2.14. The molecule has 2 amide bonds. The van der Waals surface area contributed by atoms with E-state index in [0.717, 1.165) is 6.07 Å². The lowest BCUT2D eigenvalue weighted by Crippen LogP contribution is -2.42. The van der Waals surface area contributed by atoms with E-state index in [1.807, 2.05) is 0 Å². The minimum Gasteiger partial charge on any atom is -0.368 e. The highest BCUT2D eigenvalue weighted by Crippen LogP contribution is 2.10. The van der Waals surface area contributed by atoms with Gasteiger partial charge in [-0.15, -0.1) is 0 Å². The van der Waals surface area contributed by atoms with Gasteiger partial charge in [0, 0.05) is 6.07 Å². The fraction of sp³-hybridized carbons (Fsp3) is 0.273. The number of primary amides is 1. The number of benzene rings is 1. The molecule has 1 aromatic rings. The van der Waals surface area contributed by atoms with Crippen LogP contribution >= 0.6 is 0 Å². The van der Waals surface area contributed by atoms with E-state index < -0.39 is 29.5 Å². The van der Waals surface area contributed by atoms with Crippen molar-refractivity contribution >= 4 is 11.8 Å². The van der Waals surface area contributed by atoms with Crippen LogP contribution in [0.3, 0.4) is 0 Å². The second-order valence-corrected chi connectivity index (χ2v) is 3.60. The van der Waals surface area contributed by atoms with Crippen molar-refractivity contribution in [2.24, 2.45) is 5.73 Å². The SMILES string of the molecule is C[C@@H](NC(=O)Cc1ccc(F)cc1F)C(N)=O. The van der Waals surface area contributed by atoms with Crippen LogP contribution in [0.5, 0.6) is 0 Å². The van der Waals surface area contributed by atoms with E-state index in [9.17, 15) is 18.4 Å². The zero-order valence-corrected chi connectivity index (χ0v) is 9.17. The first kappa shape index (κ1) is 13.1. The second kappa shape index (κ2) is 5.38. The number of carbonyl (C=O) groups is 2. The molecule has 0 aliphatic carbocycles. The van der Waals surface area contributed by atoms with Gasteiger partial charge in [-0.25, -0.2) is 8.78 Å². The number of rotatable bonds is 4. The van der Waals surface area contributed by atoms with E-state index in [-0.39, 0.29) is 12.0 Å². The number of nitrogens with one attached hydrogen (secondary N) is 1. The summed E-state index contributed by atoms with van der Waals surface area (Å²) in [6.45, 7) is 1.42. The lowest BCUT2D eigenvalue weighted by molar-refractivity contribution is -0.126. The monoisotopic (exact) mass is 242 g/mol. The predicted molar refractivity (Wildman–Crippen MR) is 56.9 cm³/mol. The Morgan fingerprint density at radius 3 is 2.59 bits per heavy atom. The molecule has 0 saturated heterocycles. The Kier molecular flexibility index (Phi) is 4.14. The van der Waals surface area contributed by atoms with Crippen LogP contribution < -0.4 is 11.1 Å². The van der Waals surface area contributed by atoms with Crippen molar-refractivity contribution in [3.8, 4) is 0 Å². The molecule has 0 fully saturated rings. The molecular formula is C11H12F2N2O2. The summed E-state index contributed by atoms with van der Waals surface area (Å²) in [5.41, 5.74) is 5.01. The smallest absolute Gasteiger partial charge is 0.239 e. The number of nitrogens with two attached hydrogens (primary N) is 1. The summed E-state index contributed by atoms with van der Waals surface area (Å²) in [6, 6.07) is 2.11. The van der Waals surface area contributed by atoms with Crippen LogP contribution in [-0.2, 0) is 16.0 Å². The molecule has 4 nitrogen and oxygen atoms in total. The maximum Gasteiger partial charge on any atom is 0.239 e. The molecule has 92 valence electrons. The standard InChI is InChI=1S/C11H12F2N2O2/c1-6(11(14)17)15-10(16)4-7-2-3-8(12)5-9(7)13/h2-3,5-6H,4H2,1H3,(H2,14,17)(H,15,16)/t6-/m1/s1. The lowest BCUT2D eigenvalue weighted by Gasteiger charge is -2.10. The molecule has 0 radical (unpaired) electrons. The van der Waals surface area contributed by atoms with Crippen molar-refractivity contribution in [3.05, 3.63) is 35.4 Å². The molecule has 1 rings (SSSR count). The molecule has 0 unspecified atom stereocenters. The summed E-state index contributed by atoms with van der Waals surface area (Å²) in [6.07, 6.45) is -0.274. The molecule has 6 heteroatoms. The van der Waals surface area contributed by atoms with Crippen molar-refractivity contribution in [1.29, 1.82) is 0 Å². The minimum absolute atomic E-state index is 0.0561. The molecule has 0 heterocycles. The molecule has 0 saturated carbocycles. The minimum atomic E-state index is -0.828. The van der Waals surface area contributed by atoms with Crippen LogP contribution in [0.4, 0.5) is 8.78 Å². The third-order valence-corrected chi connectivity index (χ3v) is 2.17. The first-order valence-corrected chi connectivity index (χ1v) is 4.92. The van der Waals surface area contributed by atoms with Gasteiger partial charge in [0.05, 0.1) is 6.42 Å². The molecule has 0 aliphatic heterocycles. The summed E-state index contributed by atoms with van der Waals surface area (Å²) in [5, 5.41) is 2.30. The molecule has 0 spiro atoms. The predicted octanol–water partition coefficient (Wildman–Crippen LogP) is 0.497. The fourth-order valence-corrected chi connectivity index (χ4v) is 1.20. The van der Waals surface area contributed by atoms with Gasteiger partial charge in [-0.1, -0.05) is 6.07 Å². The zero-order valence-electron chi connectivity index (χ0n) is 9.17. The molecule has 0 aliphatic rings. The maximum atomic E-state index is 13.2. The van der Waals surface area contributed by atoms with Gasteiger partial charge >= 0.3 is 0 Å². The van der Waals surface area contributed by atoms with Gasteiger partial charge in [0.15, 0.2) is 0 Å². The van der Waals surface area contributed by atoms with Crippen LogP contribution in [0.1, 0.15) is 12.5 Å². The summed E-state index contributed by atoms with van der Waals surface area (Å²) in [4.78, 5) is 22.1. The average molecular weight is 242 g/mol. The van der Waals surface area contributed by atoms with Crippen molar-refractivity contribution in [1.82, 2.24) is 5.32 Å². The maximum absolute atomic E-state index is 13.2. The summed E-state index contributed by atoms with van der Waals surface area (Å²) in [7, 11) is 0. The molecular weight excluding hydrogens is 230 g/mol. The first-order chi connectivity index (χ1) is 7.90. The summed E-state index contributed by atoms with van der Waals surface area (Å²) in [5.74, 6) is -2.75. The molecule has 3 N–H and O–H groups in total. The van der Waals surface area contributed by atoms with Crippen LogP contribution in [-0.4, -0.2) is 17.9 Å². The van der Waals surface area contributed by atoms with Crippen molar-refractivity contribution in [2.45, 2.75) is 19.4 Å². The van der Waals surface area contributed by atoms with Gasteiger partial charge in [-0.05, 0) is 18.6 Å². The quantitative estimate of drug-likeness (QED) is 0.806. The van der Waals surface area contributed by atoms with Crippen molar-refractivity contribution < 1.29 is 18.4 Å². The van der Waals surface area contributed by atoms with Crippen molar-refractivity contribution in [2.75, 3.05) is 0 Å². The van der Waals surface area contributed by atoms with Crippen LogP contribution in [0.15, 0.2) is 18.2 Å². The number of hydrogen-bond donors (Lipinski definition) is 2. The van der Waals surface area contributed by atoms with Gasteiger partial charge in [-0.2, -0.15) is 0 Å². The Bertz CT molecular complexity index is 449. The van der Waals surface area contributed by atoms with Crippen LogP contribution in [0.25, 0.3) is 0 Å². The lowest BCUT2D eigenvalue weighted by atomic mass is 10.1. The second-order valence-electron chi connectivity index (χ2n) is 3.60. The van der Waals surface area contributed by atoms with E-state index in [0.29, 0.717) is 6.07 Å². The number of hydrogen-bond acceptors (Lipinski definition) is 2. The van der Waals surface area contributed by atoms with Crippen molar-refractivity contribution in [3.63, 3.8) is 0 Å². The highest BCUT2D eigenvalue weighted by molar-refractivity contribution is 5.87. The summed E-state index contributed by atoms with van der Waals surface area (Å²) >= 11 is 0. The molecule has 0 bridgehead atoms. The van der Waals surface area contributed by atoms with E-state index in [1.54, 1.807) is 0 Å². The normalized spacial score (nSPS) is 11.9. The van der Waals surface area contributed by atoms with Crippen LogP contribution in [0.2, 0.25) is 0 Å². The molecule has 1 aromatic carbocycles. The van der Waals surface area contributed by atoms with E-state index in [4.69, 9.17) is 5.73 Å². The number of amides is 2. The fourth-order valence-electron chi connectivity index (χ4n) is 1.20. The van der Waals surface area contributed by atoms with E-state index in [2.05, 4.69) is 5.32 Å². The van der Waals surface area contributed by atoms with Gasteiger partial charge < -0.3 is 11.1 Å². The number of halogens is 2. The Morgan fingerprint density at radius 2 is 2.06 bits per heavy atom. The van der Waals surface area contributed by atoms with E-state index in [1.165, 1.54) is 13.0 Å². The Morgan fingerprint density at radius 1 is 1.41 bits per heavy atom. The first-order valence-electron chi connectivity index (χ1n) is 4.92. The van der Waals surface area contributed by atoms with Crippen LogP contribution in [0, 0.1) is 11.6 Å². The van der Waals surface area contributed by atoms with Gasteiger partial charge in [0.2, 0.25) is 11.8 Å². The van der Waals surface area contributed by atoms with Gasteiger partial charge in [0.25, 0.3) is 0 Å². The van der Waals surface area contributed by atoms with E-state index >= 15 is 0 Å². The highest BCUT2D eigenvalue weighted by atomic mass is 19.1. The Labute approximate surface area is 96.8 Å². The summed E-state index contributed by atoms with van der Waals surface area (Å²) < 4.78 is 25.8. The Hall–Kier alpha value is -1.98. The molecule has 1 atom stereocenters. The zero-order chi connectivity index (χ0) is 13.0. The number of carbonyl (C=O) groups excluding carboxylic acids is 2. The average Bonchev–Trinajstić information content (AvgIpc) is 2.22. The third-order valence-electron chi connectivity index (χ3n) is 2.17. The van der Waals surface area contributed by atoms with Gasteiger partial charge in [0.1, 0.15) is 17.7 Å². The largest absolute Gasteiger partial charge is 0.368 e. The Balaban J connectivity index is 2.65. The third kappa shape index (κ3) is 3.82. The molecule has 17 heavy (non-hydrogen) atoms. The topological polar surface area (TPSA) is 72.2 Å².